The van der Waals surface area contributed by atoms with Crippen LogP contribution >= 0.6 is 0 Å². The average Bonchev–Trinajstić information content (AvgIpc) is 2.13. The molecule has 5 nitrogen and oxygen atoms in total. The number of aliphatic hydroxyl groups excluding tert-OH is 3. The van der Waals surface area contributed by atoms with Crippen LogP contribution in [-0.4, -0.2) is 59.1 Å². The Hall–Kier alpha value is -0.200. The second kappa shape index (κ2) is 4.12. The summed E-state index contributed by atoms with van der Waals surface area (Å²) >= 11 is 0. The number of hydrogen-bond acceptors (Lipinski definition) is 5. The largest absolute Gasteiger partial charge is 0.394 e. The molecule has 4 atom stereocenters. The maximum atomic E-state index is 9.79. The molecule has 1 heterocycles. The lowest BCUT2D eigenvalue weighted by molar-refractivity contribution is -0.267. The first kappa shape index (κ1) is 11.9. The molecule has 0 saturated carbocycles. The summed E-state index contributed by atoms with van der Waals surface area (Å²) in [5.41, 5.74) is -0.826. The van der Waals surface area contributed by atoms with Gasteiger partial charge in [0.15, 0.2) is 0 Å². The second-order valence-electron chi connectivity index (χ2n) is 4.08. The SMILES string of the molecule is COC1C(O)C(C)(C)OC(CO)[C@@H]1O. The Balaban J connectivity index is 2.83. The van der Waals surface area contributed by atoms with Crippen molar-refractivity contribution in [1.29, 1.82) is 0 Å². The van der Waals surface area contributed by atoms with E-state index in [1.54, 1.807) is 13.8 Å². The number of rotatable bonds is 2. The molecule has 5 heteroatoms. The van der Waals surface area contributed by atoms with E-state index in [1.807, 2.05) is 0 Å². The Morgan fingerprint density at radius 1 is 1.36 bits per heavy atom. The lowest BCUT2D eigenvalue weighted by Crippen LogP contribution is -2.63. The molecule has 0 radical (unpaired) electrons. The number of methoxy groups -OCH3 is 1. The summed E-state index contributed by atoms with van der Waals surface area (Å²) in [6.45, 7) is 3.09. The van der Waals surface area contributed by atoms with E-state index < -0.39 is 30.0 Å². The minimum Gasteiger partial charge on any atom is -0.394 e. The summed E-state index contributed by atoms with van der Waals surface area (Å²) in [6.07, 6.45) is -3.35. The van der Waals surface area contributed by atoms with Crippen molar-refractivity contribution in [2.24, 2.45) is 0 Å². The van der Waals surface area contributed by atoms with E-state index in [0.29, 0.717) is 0 Å². The Morgan fingerprint density at radius 3 is 2.36 bits per heavy atom. The van der Waals surface area contributed by atoms with Gasteiger partial charge in [0.25, 0.3) is 0 Å². The minimum absolute atomic E-state index is 0.294. The van der Waals surface area contributed by atoms with Gasteiger partial charge in [0, 0.05) is 7.11 Å². The monoisotopic (exact) mass is 206 g/mol. The fraction of sp³-hybridized carbons (Fsp3) is 1.00. The van der Waals surface area contributed by atoms with E-state index in [2.05, 4.69) is 0 Å². The normalized spacial score (nSPS) is 42.4. The highest BCUT2D eigenvalue weighted by molar-refractivity contribution is 4.97. The molecular formula is C9H18O5. The molecule has 1 saturated heterocycles. The summed E-state index contributed by atoms with van der Waals surface area (Å²) in [5.74, 6) is 0. The van der Waals surface area contributed by atoms with Gasteiger partial charge in [-0.15, -0.1) is 0 Å². The van der Waals surface area contributed by atoms with E-state index in [-0.39, 0.29) is 6.61 Å². The first-order valence-electron chi connectivity index (χ1n) is 4.61. The summed E-state index contributed by atoms with van der Waals surface area (Å²) in [4.78, 5) is 0. The van der Waals surface area contributed by atoms with Gasteiger partial charge < -0.3 is 24.8 Å². The molecule has 0 aromatic heterocycles. The zero-order valence-electron chi connectivity index (χ0n) is 8.67. The molecule has 3 N–H and O–H groups in total. The van der Waals surface area contributed by atoms with Crippen LogP contribution in [0.3, 0.4) is 0 Å². The molecule has 1 aliphatic rings. The molecule has 0 spiro atoms. The molecule has 1 rings (SSSR count). The number of hydrogen-bond donors (Lipinski definition) is 3. The number of ether oxygens (including phenoxy) is 2. The van der Waals surface area contributed by atoms with Crippen molar-refractivity contribution in [2.75, 3.05) is 13.7 Å². The van der Waals surface area contributed by atoms with Crippen molar-refractivity contribution < 1.29 is 24.8 Å². The van der Waals surface area contributed by atoms with Crippen molar-refractivity contribution in [3.8, 4) is 0 Å². The molecule has 0 amide bonds. The van der Waals surface area contributed by atoms with Gasteiger partial charge in [-0.05, 0) is 13.8 Å². The fourth-order valence-electron chi connectivity index (χ4n) is 1.74. The van der Waals surface area contributed by atoms with Crippen LogP contribution in [0.1, 0.15) is 13.8 Å². The zero-order valence-corrected chi connectivity index (χ0v) is 8.67. The highest BCUT2D eigenvalue weighted by atomic mass is 16.6. The Labute approximate surface area is 83.3 Å². The molecule has 0 aromatic rings. The lowest BCUT2D eigenvalue weighted by atomic mass is 9.87. The van der Waals surface area contributed by atoms with Crippen LogP contribution in [0.4, 0.5) is 0 Å². The van der Waals surface area contributed by atoms with Crippen molar-refractivity contribution in [3.63, 3.8) is 0 Å². The molecule has 1 fully saturated rings. The predicted molar refractivity (Wildman–Crippen MR) is 48.8 cm³/mol. The van der Waals surface area contributed by atoms with Gasteiger partial charge >= 0.3 is 0 Å². The smallest absolute Gasteiger partial charge is 0.114 e. The third-order valence-corrected chi connectivity index (χ3v) is 2.65. The summed E-state index contributed by atoms with van der Waals surface area (Å²) in [7, 11) is 1.41. The third-order valence-electron chi connectivity index (χ3n) is 2.65. The van der Waals surface area contributed by atoms with Gasteiger partial charge in [-0.25, -0.2) is 0 Å². The fourth-order valence-corrected chi connectivity index (χ4v) is 1.74. The number of aliphatic hydroxyl groups is 3. The van der Waals surface area contributed by atoms with Crippen LogP contribution in [0.5, 0.6) is 0 Å². The van der Waals surface area contributed by atoms with E-state index >= 15 is 0 Å². The van der Waals surface area contributed by atoms with Crippen LogP contribution in [0.15, 0.2) is 0 Å². The van der Waals surface area contributed by atoms with Crippen LogP contribution in [0.2, 0.25) is 0 Å². The van der Waals surface area contributed by atoms with Crippen molar-refractivity contribution in [2.45, 2.75) is 43.9 Å². The first-order chi connectivity index (χ1) is 6.44. The second-order valence-corrected chi connectivity index (χ2v) is 4.08. The first-order valence-corrected chi connectivity index (χ1v) is 4.61. The average molecular weight is 206 g/mol. The van der Waals surface area contributed by atoms with Crippen molar-refractivity contribution in [3.05, 3.63) is 0 Å². The quantitative estimate of drug-likeness (QED) is 0.534. The Kier molecular flexibility index (Phi) is 3.49. The predicted octanol–water partition coefficient (Wildman–Crippen LogP) is -1.11. The maximum Gasteiger partial charge on any atom is 0.114 e. The van der Waals surface area contributed by atoms with Crippen LogP contribution in [0.25, 0.3) is 0 Å². The standard InChI is InChI=1S/C9H18O5/c1-9(2)8(12)7(13-3)6(11)5(4-10)14-9/h5-8,10-12H,4H2,1-3H3/t5?,6-,7?,8?/m0/s1. The van der Waals surface area contributed by atoms with Crippen molar-refractivity contribution >= 4 is 0 Å². The molecular weight excluding hydrogens is 188 g/mol. The van der Waals surface area contributed by atoms with Crippen LogP contribution in [0, 0.1) is 0 Å². The van der Waals surface area contributed by atoms with Gasteiger partial charge in [0.2, 0.25) is 0 Å². The van der Waals surface area contributed by atoms with Gasteiger partial charge in [0.1, 0.15) is 24.4 Å². The highest BCUT2D eigenvalue weighted by Crippen LogP contribution is 2.30. The van der Waals surface area contributed by atoms with Gasteiger partial charge in [-0.3, -0.25) is 0 Å². The minimum atomic E-state index is -1.01. The van der Waals surface area contributed by atoms with Gasteiger partial charge in [0.05, 0.1) is 12.2 Å². The topological polar surface area (TPSA) is 79.2 Å². The zero-order chi connectivity index (χ0) is 10.9. The van der Waals surface area contributed by atoms with E-state index in [9.17, 15) is 10.2 Å². The molecule has 3 unspecified atom stereocenters. The van der Waals surface area contributed by atoms with E-state index in [1.165, 1.54) is 7.11 Å². The molecule has 1 aliphatic heterocycles. The summed E-state index contributed by atoms with van der Waals surface area (Å²) < 4.78 is 10.3. The van der Waals surface area contributed by atoms with Gasteiger partial charge in [-0.1, -0.05) is 0 Å². The molecule has 0 aliphatic carbocycles. The molecule has 14 heavy (non-hydrogen) atoms. The molecule has 84 valence electrons. The van der Waals surface area contributed by atoms with Gasteiger partial charge in [-0.2, -0.15) is 0 Å². The lowest BCUT2D eigenvalue weighted by Gasteiger charge is -2.46. The van der Waals surface area contributed by atoms with Crippen molar-refractivity contribution in [1.82, 2.24) is 0 Å². The molecule has 0 aromatic carbocycles. The summed E-state index contributed by atoms with van der Waals surface area (Å²) in [5, 5.41) is 28.4. The Bertz CT molecular complexity index is 194. The molecule has 0 bridgehead atoms. The van der Waals surface area contributed by atoms with Crippen LogP contribution < -0.4 is 0 Å². The third kappa shape index (κ3) is 1.92. The van der Waals surface area contributed by atoms with E-state index in [0.717, 1.165) is 0 Å². The van der Waals surface area contributed by atoms with E-state index in [4.69, 9.17) is 14.6 Å². The maximum absolute atomic E-state index is 9.79. The highest BCUT2D eigenvalue weighted by Gasteiger charge is 2.48. The van der Waals surface area contributed by atoms with Crippen LogP contribution in [-0.2, 0) is 9.47 Å². The Morgan fingerprint density at radius 2 is 1.93 bits per heavy atom. The summed E-state index contributed by atoms with van der Waals surface area (Å²) in [6, 6.07) is 0.